The first-order valence-electron chi connectivity index (χ1n) is 2.09. The van der Waals surface area contributed by atoms with Crippen LogP contribution >= 0.6 is 0 Å². The molecule has 0 aromatic rings. The molecule has 0 amide bonds. The molecule has 8 heavy (non-hydrogen) atoms. The van der Waals surface area contributed by atoms with Gasteiger partial charge in [-0.15, -0.1) is 0 Å². The summed E-state index contributed by atoms with van der Waals surface area (Å²) in [5, 5.41) is 6.11. The average molecular weight is 159 g/mol. The second kappa shape index (κ2) is 3.09. The summed E-state index contributed by atoms with van der Waals surface area (Å²) >= 11 is 0. The summed E-state index contributed by atoms with van der Waals surface area (Å²) in [5.74, 6) is 0. The fourth-order valence-electron chi connectivity index (χ4n) is 0.378. The van der Waals surface area contributed by atoms with Crippen LogP contribution in [-0.2, 0) is 10.0 Å². The molecule has 0 spiro atoms. The monoisotopic (exact) mass is 159 g/mol. The zero-order valence-corrected chi connectivity index (χ0v) is 8.66. The van der Waals surface area contributed by atoms with Gasteiger partial charge in [0.1, 0.15) is 0 Å². The quantitative estimate of drug-likeness (QED) is 0.398. The molecule has 0 aliphatic heterocycles. The Hall–Kier alpha value is 1.55. The van der Waals surface area contributed by atoms with E-state index in [-0.39, 0.29) is 56.6 Å². The SMILES string of the molecule is [K+].[NH-]S(=O)(=O)C1CC1. The maximum Gasteiger partial charge on any atom is 1.00 e. The summed E-state index contributed by atoms with van der Waals surface area (Å²) in [4.78, 5) is 0. The predicted octanol–water partition coefficient (Wildman–Crippen LogP) is -2.47. The fraction of sp³-hybridized carbons (Fsp3) is 1.00. The molecule has 0 aromatic heterocycles. The van der Waals surface area contributed by atoms with Crippen LogP contribution in [0.1, 0.15) is 12.8 Å². The summed E-state index contributed by atoms with van der Waals surface area (Å²) < 4.78 is 20.1. The second-order valence-corrected chi connectivity index (χ2v) is 3.50. The number of hydrogen-bond donors (Lipinski definition) is 0. The molecule has 0 heterocycles. The van der Waals surface area contributed by atoms with Crippen LogP contribution in [0.15, 0.2) is 0 Å². The summed E-state index contributed by atoms with van der Waals surface area (Å²) in [6.07, 6.45) is 1.40. The number of rotatable bonds is 1. The number of sulfonamides is 1. The minimum absolute atomic E-state index is 0. The van der Waals surface area contributed by atoms with Crippen molar-refractivity contribution in [1.82, 2.24) is 0 Å². The molecule has 0 aromatic carbocycles. The van der Waals surface area contributed by atoms with Crippen molar-refractivity contribution in [3.63, 3.8) is 0 Å². The maximum atomic E-state index is 10.1. The smallest absolute Gasteiger partial charge is 0.564 e. The normalized spacial score (nSPS) is 19.6. The van der Waals surface area contributed by atoms with Crippen molar-refractivity contribution in [2.75, 3.05) is 0 Å². The molecule has 3 nitrogen and oxygen atoms in total. The van der Waals surface area contributed by atoms with Gasteiger partial charge in [-0.3, -0.25) is 0 Å². The minimum Gasteiger partial charge on any atom is -0.564 e. The molecule has 1 rings (SSSR count). The second-order valence-electron chi connectivity index (χ2n) is 1.74. The molecule has 0 saturated heterocycles. The molecule has 1 aliphatic rings. The summed E-state index contributed by atoms with van der Waals surface area (Å²) in [6.45, 7) is 0. The molecule has 1 fully saturated rings. The predicted molar refractivity (Wildman–Crippen MR) is 26.3 cm³/mol. The van der Waals surface area contributed by atoms with Crippen molar-refractivity contribution < 1.29 is 59.8 Å². The molecule has 1 N–H and O–H groups in total. The van der Waals surface area contributed by atoms with Gasteiger partial charge in [0.05, 0.1) is 10.0 Å². The van der Waals surface area contributed by atoms with Crippen LogP contribution in [0.5, 0.6) is 0 Å². The molecular formula is C3H6KNO2S. The molecule has 1 aliphatic carbocycles. The van der Waals surface area contributed by atoms with Crippen LogP contribution in [-0.4, -0.2) is 13.7 Å². The van der Waals surface area contributed by atoms with Crippen LogP contribution in [0.4, 0.5) is 0 Å². The molecule has 0 radical (unpaired) electrons. The number of hydrogen-bond acceptors (Lipinski definition) is 2. The molecule has 0 unspecified atom stereocenters. The third kappa shape index (κ3) is 2.91. The third-order valence-corrected chi connectivity index (χ3v) is 2.31. The zero-order chi connectivity index (χ0) is 5.49. The van der Waals surface area contributed by atoms with Crippen molar-refractivity contribution in [2.24, 2.45) is 0 Å². The largest absolute Gasteiger partial charge is 1.00 e. The van der Waals surface area contributed by atoms with E-state index in [1.807, 2.05) is 0 Å². The Morgan fingerprint density at radius 1 is 1.38 bits per heavy atom. The van der Waals surface area contributed by atoms with Gasteiger partial charge in [-0.2, -0.15) is 0 Å². The van der Waals surface area contributed by atoms with Crippen LogP contribution in [0.25, 0.3) is 5.14 Å². The van der Waals surface area contributed by atoms with Crippen molar-refractivity contribution in [3.05, 3.63) is 5.14 Å². The topological polar surface area (TPSA) is 57.9 Å². The Labute approximate surface area is 91.5 Å². The molecule has 1 saturated carbocycles. The van der Waals surface area contributed by atoms with E-state index in [4.69, 9.17) is 5.14 Å². The Morgan fingerprint density at radius 3 is 1.75 bits per heavy atom. The van der Waals surface area contributed by atoms with Crippen molar-refractivity contribution >= 4 is 10.0 Å². The molecule has 42 valence electrons. The molecular weight excluding hydrogens is 153 g/mol. The van der Waals surface area contributed by atoms with Gasteiger partial charge >= 0.3 is 51.4 Å². The third-order valence-electron chi connectivity index (χ3n) is 0.963. The van der Waals surface area contributed by atoms with E-state index in [9.17, 15) is 8.42 Å². The van der Waals surface area contributed by atoms with E-state index in [1.54, 1.807) is 0 Å². The number of nitrogens with one attached hydrogen (secondary N) is 1. The van der Waals surface area contributed by atoms with Crippen LogP contribution in [0, 0.1) is 0 Å². The van der Waals surface area contributed by atoms with Crippen LogP contribution in [0.3, 0.4) is 0 Å². The first kappa shape index (κ1) is 9.55. The molecule has 5 heteroatoms. The first-order chi connectivity index (χ1) is 3.11. The summed E-state index contributed by atoms with van der Waals surface area (Å²) in [6, 6.07) is 0. The van der Waals surface area contributed by atoms with E-state index < -0.39 is 10.0 Å². The fourth-order valence-corrected chi connectivity index (χ4v) is 1.14. The van der Waals surface area contributed by atoms with Gasteiger partial charge in [-0.25, -0.2) is 8.42 Å². The van der Waals surface area contributed by atoms with Crippen molar-refractivity contribution in [2.45, 2.75) is 18.1 Å². The van der Waals surface area contributed by atoms with Gasteiger partial charge in [0.15, 0.2) is 0 Å². The van der Waals surface area contributed by atoms with E-state index in [1.165, 1.54) is 0 Å². The zero-order valence-electron chi connectivity index (χ0n) is 4.72. The molecule has 0 atom stereocenters. The average Bonchev–Trinajstić information content (AvgIpc) is 1.99. The maximum absolute atomic E-state index is 10.1. The van der Waals surface area contributed by atoms with Gasteiger partial charge < -0.3 is 5.14 Å². The van der Waals surface area contributed by atoms with E-state index in [0.717, 1.165) is 0 Å². The van der Waals surface area contributed by atoms with E-state index >= 15 is 0 Å². The van der Waals surface area contributed by atoms with Crippen molar-refractivity contribution in [1.29, 1.82) is 0 Å². The van der Waals surface area contributed by atoms with E-state index in [0.29, 0.717) is 12.8 Å². The van der Waals surface area contributed by atoms with Gasteiger partial charge in [0.25, 0.3) is 0 Å². The Bertz CT molecular complexity index is 160. The van der Waals surface area contributed by atoms with E-state index in [2.05, 4.69) is 0 Å². The van der Waals surface area contributed by atoms with Gasteiger partial charge in [0, 0.05) is 5.25 Å². The minimum atomic E-state index is -3.38. The van der Waals surface area contributed by atoms with Crippen molar-refractivity contribution in [3.8, 4) is 0 Å². The standard InChI is InChI=1S/C3H6NO2S.K/c4-7(5,6)3-1-2-3;/h3H,1-2H2,(H-,4,5,6);/q-1;+1. The Morgan fingerprint density at radius 2 is 1.75 bits per heavy atom. The van der Waals surface area contributed by atoms with Gasteiger partial charge in [0.2, 0.25) is 0 Å². The van der Waals surface area contributed by atoms with Gasteiger partial charge in [-0.1, -0.05) is 0 Å². The first-order valence-corrected chi connectivity index (χ1v) is 3.64. The summed E-state index contributed by atoms with van der Waals surface area (Å²) in [5.41, 5.74) is 0. The van der Waals surface area contributed by atoms with Crippen LogP contribution < -0.4 is 51.4 Å². The Kier molecular flexibility index (Phi) is 3.69. The van der Waals surface area contributed by atoms with Gasteiger partial charge in [-0.05, 0) is 12.8 Å². The Balaban J connectivity index is 0.000000490. The van der Waals surface area contributed by atoms with Crippen LogP contribution in [0.2, 0.25) is 0 Å². The molecule has 0 bridgehead atoms. The summed E-state index contributed by atoms with van der Waals surface area (Å²) in [7, 11) is -3.38.